The number of carbonyl (C=O) groups is 1. The summed E-state index contributed by atoms with van der Waals surface area (Å²) < 4.78 is 12.7. The molecular formula is C20H19ClN2O4. The van der Waals surface area contributed by atoms with E-state index in [1.165, 1.54) is 15.5 Å². The first kappa shape index (κ1) is 18.8. The zero-order valence-electron chi connectivity index (χ0n) is 14.8. The number of nitrogens with zero attached hydrogens (tertiary/aromatic N) is 2. The molecule has 0 aliphatic carbocycles. The van der Waals surface area contributed by atoms with Crippen molar-refractivity contribution in [3.05, 3.63) is 87.7 Å². The van der Waals surface area contributed by atoms with Crippen LogP contribution in [0.3, 0.4) is 0 Å². The normalized spacial score (nSPS) is 10.6. The summed E-state index contributed by atoms with van der Waals surface area (Å²) in [5.74, 6) is 1.20. The molecule has 0 unspecified atom stereocenters. The Bertz CT molecular complexity index is 962. The lowest BCUT2D eigenvalue weighted by Crippen LogP contribution is -2.30. The summed E-state index contributed by atoms with van der Waals surface area (Å²) in [6.07, 6.45) is 1.67. The van der Waals surface area contributed by atoms with Crippen LogP contribution in [0.15, 0.2) is 70.0 Å². The van der Waals surface area contributed by atoms with Crippen molar-refractivity contribution in [2.45, 2.75) is 6.54 Å². The molecule has 27 heavy (non-hydrogen) atoms. The van der Waals surface area contributed by atoms with E-state index in [0.29, 0.717) is 29.7 Å². The minimum Gasteiger partial charge on any atom is -0.492 e. The molecule has 0 bridgehead atoms. The lowest BCUT2D eigenvalue weighted by Gasteiger charge is -2.16. The van der Waals surface area contributed by atoms with Gasteiger partial charge in [-0.1, -0.05) is 17.7 Å². The molecule has 1 amide bonds. The molecule has 0 spiro atoms. The minimum atomic E-state index is -0.249. The monoisotopic (exact) mass is 386 g/mol. The number of amides is 1. The topological polar surface area (TPSA) is 64.7 Å². The Morgan fingerprint density at radius 1 is 1.15 bits per heavy atom. The second-order valence-corrected chi connectivity index (χ2v) is 6.40. The standard InChI is InChI=1S/C20H19ClN2O4/c1-22(12-13-26-16-7-5-15(21)6-8-16)20(25)18-10-9-17(27-18)14-23-11-3-2-4-19(23)24/h2-11H,12-14H2,1H3. The maximum Gasteiger partial charge on any atom is 0.289 e. The van der Waals surface area contributed by atoms with Gasteiger partial charge in [-0.25, -0.2) is 0 Å². The maximum atomic E-state index is 12.5. The highest BCUT2D eigenvalue weighted by Gasteiger charge is 2.16. The van der Waals surface area contributed by atoms with E-state index in [9.17, 15) is 9.59 Å². The molecule has 3 aromatic rings. The van der Waals surface area contributed by atoms with Gasteiger partial charge >= 0.3 is 0 Å². The van der Waals surface area contributed by atoms with Crippen LogP contribution in [0, 0.1) is 0 Å². The fourth-order valence-electron chi connectivity index (χ4n) is 2.46. The number of carbonyl (C=O) groups excluding carboxylic acids is 1. The highest BCUT2D eigenvalue weighted by molar-refractivity contribution is 6.30. The molecular weight excluding hydrogens is 368 g/mol. The number of rotatable bonds is 7. The van der Waals surface area contributed by atoms with E-state index in [0.717, 1.165) is 0 Å². The second kappa shape index (κ2) is 8.60. The van der Waals surface area contributed by atoms with Crippen LogP contribution in [0.4, 0.5) is 0 Å². The van der Waals surface area contributed by atoms with Crippen molar-refractivity contribution in [1.82, 2.24) is 9.47 Å². The fraction of sp³-hybridized carbons (Fsp3) is 0.200. The molecule has 0 fully saturated rings. The SMILES string of the molecule is CN(CCOc1ccc(Cl)cc1)C(=O)c1ccc(Cn2ccccc2=O)o1. The number of likely N-dealkylation sites (N-methyl/N-ethyl adjacent to an activating group) is 1. The summed E-state index contributed by atoms with van der Waals surface area (Å²) in [6.45, 7) is 1.02. The molecule has 3 rings (SSSR count). The van der Waals surface area contributed by atoms with E-state index in [-0.39, 0.29) is 23.8 Å². The first-order chi connectivity index (χ1) is 13.0. The molecule has 0 radical (unpaired) electrons. The smallest absolute Gasteiger partial charge is 0.289 e. The van der Waals surface area contributed by atoms with Crippen LogP contribution in [-0.2, 0) is 6.54 Å². The third-order valence-corrected chi connectivity index (χ3v) is 4.21. The summed E-state index contributed by atoms with van der Waals surface area (Å²) in [5, 5.41) is 0.640. The van der Waals surface area contributed by atoms with Crippen molar-refractivity contribution in [3.63, 3.8) is 0 Å². The van der Waals surface area contributed by atoms with Crippen molar-refractivity contribution < 1.29 is 13.9 Å². The van der Waals surface area contributed by atoms with Crippen LogP contribution in [0.1, 0.15) is 16.3 Å². The van der Waals surface area contributed by atoms with Gasteiger partial charge in [-0.15, -0.1) is 0 Å². The van der Waals surface area contributed by atoms with Gasteiger partial charge in [0.15, 0.2) is 5.76 Å². The Hall–Kier alpha value is -2.99. The molecule has 6 nitrogen and oxygen atoms in total. The molecule has 7 heteroatoms. The number of halogens is 1. The van der Waals surface area contributed by atoms with E-state index < -0.39 is 0 Å². The summed E-state index contributed by atoms with van der Waals surface area (Å²) >= 11 is 5.83. The Morgan fingerprint density at radius 3 is 2.67 bits per heavy atom. The number of benzene rings is 1. The Balaban J connectivity index is 1.54. The van der Waals surface area contributed by atoms with Crippen LogP contribution >= 0.6 is 11.6 Å². The van der Waals surface area contributed by atoms with Crippen LogP contribution < -0.4 is 10.3 Å². The molecule has 0 N–H and O–H groups in total. The minimum absolute atomic E-state index is 0.127. The second-order valence-electron chi connectivity index (χ2n) is 5.96. The van der Waals surface area contributed by atoms with Crippen LogP contribution in [-0.4, -0.2) is 35.6 Å². The predicted octanol–water partition coefficient (Wildman–Crippen LogP) is 3.29. The Morgan fingerprint density at radius 2 is 1.93 bits per heavy atom. The van der Waals surface area contributed by atoms with Gasteiger partial charge in [0.25, 0.3) is 11.5 Å². The lowest BCUT2D eigenvalue weighted by atomic mass is 10.3. The molecule has 140 valence electrons. The maximum absolute atomic E-state index is 12.5. The zero-order valence-corrected chi connectivity index (χ0v) is 15.6. The zero-order chi connectivity index (χ0) is 19.2. The molecule has 0 atom stereocenters. The summed E-state index contributed by atoms with van der Waals surface area (Å²) in [4.78, 5) is 25.7. The lowest BCUT2D eigenvalue weighted by molar-refractivity contribution is 0.0740. The molecule has 0 aliphatic rings. The van der Waals surface area contributed by atoms with Crippen molar-refractivity contribution >= 4 is 17.5 Å². The quantitative estimate of drug-likeness (QED) is 0.625. The van der Waals surface area contributed by atoms with Crippen molar-refractivity contribution in [3.8, 4) is 5.75 Å². The van der Waals surface area contributed by atoms with E-state index >= 15 is 0 Å². The summed E-state index contributed by atoms with van der Waals surface area (Å²) in [5.41, 5.74) is -0.127. The van der Waals surface area contributed by atoms with Crippen molar-refractivity contribution in [2.24, 2.45) is 0 Å². The highest BCUT2D eigenvalue weighted by atomic mass is 35.5. The van der Waals surface area contributed by atoms with Gasteiger partial charge in [0.1, 0.15) is 18.1 Å². The Kier molecular flexibility index (Phi) is 5.98. The first-order valence-electron chi connectivity index (χ1n) is 8.41. The van der Waals surface area contributed by atoms with Gasteiger partial charge in [-0.2, -0.15) is 0 Å². The van der Waals surface area contributed by atoms with Crippen molar-refractivity contribution in [1.29, 1.82) is 0 Å². The molecule has 0 aliphatic heterocycles. The Labute approximate surface area is 161 Å². The van der Waals surface area contributed by atoms with Crippen LogP contribution in [0.2, 0.25) is 5.02 Å². The number of ether oxygens (including phenoxy) is 1. The third kappa shape index (κ3) is 5.01. The fourth-order valence-corrected chi connectivity index (χ4v) is 2.58. The average Bonchev–Trinajstić information content (AvgIpc) is 3.13. The average molecular weight is 387 g/mol. The molecule has 0 saturated carbocycles. The van der Waals surface area contributed by atoms with E-state index in [1.54, 1.807) is 61.8 Å². The van der Waals surface area contributed by atoms with Crippen LogP contribution in [0.5, 0.6) is 5.75 Å². The van der Waals surface area contributed by atoms with E-state index in [2.05, 4.69) is 0 Å². The number of hydrogen-bond acceptors (Lipinski definition) is 4. The van der Waals surface area contributed by atoms with Gasteiger partial charge in [0.2, 0.25) is 0 Å². The predicted molar refractivity (Wildman–Crippen MR) is 102 cm³/mol. The van der Waals surface area contributed by atoms with Crippen LogP contribution in [0.25, 0.3) is 0 Å². The number of hydrogen-bond donors (Lipinski definition) is 0. The molecule has 1 aromatic carbocycles. The van der Waals surface area contributed by atoms with Crippen molar-refractivity contribution in [2.75, 3.05) is 20.2 Å². The third-order valence-electron chi connectivity index (χ3n) is 3.95. The van der Waals surface area contributed by atoms with Gasteiger partial charge in [0.05, 0.1) is 13.1 Å². The van der Waals surface area contributed by atoms with Gasteiger partial charge in [0, 0.05) is 24.3 Å². The van der Waals surface area contributed by atoms with Gasteiger partial charge in [-0.3, -0.25) is 9.59 Å². The molecule has 0 saturated heterocycles. The molecule has 2 heterocycles. The summed E-state index contributed by atoms with van der Waals surface area (Å²) in [7, 11) is 1.68. The van der Waals surface area contributed by atoms with E-state index in [1.807, 2.05) is 0 Å². The largest absolute Gasteiger partial charge is 0.492 e. The number of furan rings is 1. The number of pyridine rings is 1. The summed E-state index contributed by atoms with van der Waals surface area (Å²) in [6, 6.07) is 15.3. The van der Waals surface area contributed by atoms with Gasteiger partial charge < -0.3 is 18.6 Å². The first-order valence-corrected chi connectivity index (χ1v) is 8.79. The van der Waals surface area contributed by atoms with E-state index in [4.69, 9.17) is 20.8 Å². The molecule has 2 aromatic heterocycles. The number of aromatic nitrogens is 1. The highest BCUT2D eigenvalue weighted by Crippen LogP contribution is 2.15. The van der Waals surface area contributed by atoms with Gasteiger partial charge in [-0.05, 0) is 42.5 Å².